The van der Waals surface area contributed by atoms with Crippen LogP contribution in [0.15, 0.2) is 36.4 Å². The fourth-order valence-electron chi connectivity index (χ4n) is 2.94. The van der Waals surface area contributed by atoms with Crippen molar-refractivity contribution in [2.24, 2.45) is 12.8 Å². The molecule has 0 spiro atoms. The van der Waals surface area contributed by atoms with E-state index in [4.69, 9.17) is 5.73 Å². The zero-order valence-electron chi connectivity index (χ0n) is 14.1. The molecular weight excluding hydrogens is 388 g/mol. The SMILES string of the molecule is Cn1nc(C(F)(F)F)c(C(N)=O)c1-c1c(F)cccc1-c1cccc(F)c1F. The van der Waals surface area contributed by atoms with Gasteiger partial charge in [-0.1, -0.05) is 24.3 Å². The van der Waals surface area contributed by atoms with E-state index in [9.17, 15) is 31.1 Å². The highest BCUT2D eigenvalue weighted by atomic mass is 19.4. The van der Waals surface area contributed by atoms with Gasteiger partial charge in [0.2, 0.25) is 0 Å². The van der Waals surface area contributed by atoms with Crippen molar-refractivity contribution in [1.29, 1.82) is 0 Å². The van der Waals surface area contributed by atoms with Crippen LogP contribution in [0.3, 0.4) is 0 Å². The van der Waals surface area contributed by atoms with E-state index in [1.165, 1.54) is 12.1 Å². The molecule has 0 saturated heterocycles. The van der Waals surface area contributed by atoms with Crippen LogP contribution >= 0.6 is 0 Å². The van der Waals surface area contributed by atoms with Gasteiger partial charge in [-0.15, -0.1) is 0 Å². The van der Waals surface area contributed by atoms with Crippen LogP contribution in [0.2, 0.25) is 0 Å². The Morgan fingerprint density at radius 3 is 2.14 bits per heavy atom. The normalized spacial score (nSPS) is 11.7. The number of hydrogen-bond acceptors (Lipinski definition) is 2. The van der Waals surface area contributed by atoms with Gasteiger partial charge in [0, 0.05) is 18.2 Å². The van der Waals surface area contributed by atoms with Crippen LogP contribution in [0.25, 0.3) is 22.4 Å². The number of nitrogens with zero attached hydrogens (tertiary/aromatic N) is 2. The molecule has 146 valence electrons. The molecular formula is C18H11F6N3O. The quantitative estimate of drug-likeness (QED) is 0.668. The maximum atomic E-state index is 14.7. The number of amides is 1. The number of alkyl halides is 3. The molecule has 1 amide bonds. The smallest absolute Gasteiger partial charge is 0.365 e. The summed E-state index contributed by atoms with van der Waals surface area (Å²) in [5, 5.41) is 3.25. The number of carbonyl (C=O) groups is 1. The first-order chi connectivity index (χ1) is 13.0. The zero-order valence-corrected chi connectivity index (χ0v) is 14.1. The summed E-state index contributed by atoms with van der Waals surface area (Å²) < 4.78 is 83.0. The number of halogens is 6. The van der Waals surface area contributed by atoms with Crippen LogP contribution in [-0.2, 0) is 13.2 Å². The minimum atomic E-state index is -5.05. The number of benzene rings is 2. The minimum Gasteiger partial charge on any atom is -0.365 e. The second-order valence-electron chi connectivity index (χ2n) is 5.82. The Hall–Kier alpha value is -3.30. The highest BCUT2D eigenvalue weighted by Crippen LogP contribution is 2.41. The first-order valence-electron chi connectivity index (χ1n) is 7.71. The van der Waals surface area contributed by atoms with Gasteiger partial charge in [0.1, 0.15) is 5.82 Å². The van der Waals surface area contributed by atoms with E-state index in [2.05, 4.69) is 5.10 Å². The number of nitrogens with two attached hydrogens (primary N) is 1. The topological polar surface area (TPSA) is 60.9 Å². The third kappa shape index (κ3) is 3.10. The van der Waals surface area contributed by atoms with Crippen molar-refractivity contribution in [3.63, 3.8) is 0 Å². The molecule has 0 radical (unpaired) electrons. The predicted octanol–water partition coefficient (Wildman–Crippen LogP) is 4.29. The molecule has 28 heavy (non-hydrogen) atoms. The summed E-state index contributed by atoms with van der Waals surface area (Å²) in [4.78, 5) is 11.8. The lowest BCUT2D eigenvalue weighted by atomic mass is 9.94. The van der Waals surface area contributed by atoms with Crippen LogP contribution in [0, 0.1) is 17.5 Å². The molecule has 3 rings (SSSR count). The summed E-state index contributed by atoms with van der Waals surface area (Å²) in [6.45, 7) is 0. The highest BCUT2D eigenvalue weighted by Gasteiger charge is 2.41. The van der Waals surface area contributed by atoms with Crippen molar-refractivity contribution < 1.29 is 31.1 Å². The van der Waals surface area contributed by atoms with Gasteiger partial charge in [-0.3, -0.25) is 9.48 Å². The molecule has 0 aliphatic rings. The standard InChI is InChI=1S/C18H11F6N3O/c1-27-15(13(17(25)28)16(26-27)18(22,23)24)12-8(4-2-6-10(12)19)9-5-3-7-11(20)14(9)21/h2-7H,1H3,(H2,25,28). The van der Waals surface area contributed by atoms with E-state index in [0.717, 1.165) is 31.3 Å². The summed E-state index contributed by atoms with van der Waals surface area (Å²) in [5.41, 5.74) is 0.596. The second kappa shape index (κ2) is 6.70. The lowest BCUT2D eigenvalue weighted by molar-refractivity contribution is -0.141. The highest BCUT2D eigenvalue weighted by molar-refractivity contribution is 6.02. The van der Waals surface area contributed by atoms with Gasteiger partial charge in [-0.2, -0.15) is 18.3 Å². The first kappa shape index (κ1) is 19.5. The fourth-order valence-corrected chi connectivity index (χ4v) is 2.94. The van der Waals surface area contributed by atoms with Crippen LogP contribution in [-0.4, -0.2) is 15.7 Å². The summed E-state index contributed by atoms with van der Waals surface area (Å²) in [6, 6.07) is 6.37. The molecule has 10 heteroatoms. The van der Waals surface area contributed by atoms with Gasteiger partial charge >= 0.3 is 6.18 Å². The molecule has 2 aromatic carbocycles. The molecule has 0 aliphatic heterocycles. The van der Waals surface area contributed by atoms with E-state index in [0.29, 0.717) is 4.68 Å². The van der Waals surface area contributed by atoms with Crippen molar-refractivity contribution in [3.05, 3.63) is 65.1 Å². The number of hydrogen-bond donors (Lipinski definition) is 1. The van der Waals surface area contributed by atoms with E-state index >= 15 is 0 Å². The first-order valence-corrected chi connectivity index (χ1v) is 7.71. The van der Waals surface area contributed by atoms with Crippen LogP contribution in [0.5, 0.6) is 0 Å². The Bertz CT molecular complexity index is 1090. The van der Waals surface area contributed by atoms with E-state index in [-0.39, 0.29) is 5.56 Å². The molecule has 1 aromatic heterocycles. The van der Waals surface area contributed by atoms with Gasteiger partial charge < -0.3 is 5.73 Å². The van der Waals surface area contributed by atoms with Crippen LogP contribution in [0.4, 0.5) is 26.3 Å². The molecule has 0 atom stereocenters. The van der Waals surface area contributed by atoms with Gasteiger partial charge in [0.15, 0.2) is 17.3 Å². The average molecular weight is 399 g/mol. The Morgan fingerprint density at radius 2 is 1.57 bits per heavy atom. The largest absolute Gasteiger partial charge is 0.435 e. The maximum absolute atomic E-state index is 14.7. The van der Waals surface area contributed by atoms with E-state index < -0.39 is 57.6 Å². The summed E-state index contributed by atoms with van der Waals surface area (Å²) in [5.74, 6) is -5.12. The van der Waals surface area contributed by atoms with Gasteiger partial charge in [-0.05, 0) is 17.7 Å². The van der Waals surface area contributed by atoms with Crippen molar-refractivity contribution in [2.45, 2.75) is 6.18 Å². The minimum absolute atomic E-state index is 0.267. The predicted molar refractivity (Wildman–Crippen MR) is 87.5 cm³/mol. The van der Waals surface area contributed by atoms with Crippen molar-refractivity contribution >= 4 is 5.91 Å². The Labute approximate surface area is 154 Å². The van der Waals surface area contributed by atoms with E-state index in [1.54, 1.807) is 0 Å². The molecule has 3 aromatic rings. The summed E-state index contributed by atoms with van der Waals surface area (Å²) in [7, 11) is 1.05. The Balaban J connectivity index is 2.43. The molecule has 0 fully saturated rings. The monoisotopic (exact) mass is 399 g/mol. The Morgan fingerprint density at radius 1 is 1.00 bits per heavy atom. The van der Waals surface area contributed by atoms with Crippen LogP contribution in [0.1, 0.15) is 16.1 Å². The third-order valence-electron chi connectivity index (χ3n) is 4.05. The zero-order chi connectivity index (χ0) is 20.8. The molecule has 0 aliphatic carbocycles. The van der Waals surface area contributed by atoms with Gasteiger partial charge in [-0.25, -0.2) is 13.2 Å². The molecule has 0 bridgehead atoms. The van der Waals surface area contributed by atoms with Crippen molar-refractivity contribution in [1.82, 2.24) is 9.78 Å². The van der Waals surface area contributed by atoms with Crippen molar-refractivity contribution in [3.8, 4) is 22.4 Å². The Kier molecular flexibility index (Phi) is 4.66. The van der Waals surface area contributed by atoms with Gasteiger partial charge in [0.25, 0.3) is 5.91 Å². The third-order valence-corrected chi connectivity index (χ3v) is 4.05. The summed E-state index contributed by atoms with van der Waals surface area (Å²) >= 11 is 0. The number of rotatable bonds is 3. The van der Waals surface area contributed by atoms with Crippen molar-refractivity contribution in [2.75, 3.05) is 0 Å². The average Bonchev–Trinajstić information content (AvgIpc) is 2.95. The molecule has 0 saturated carbocycles. The number of aromatic nitrogens is 2. The van der Waals surface area contributed by atoms with Crippen LogP contribution < -0.4 is 5.73 Å². The molecule has 2 N–H and O–H groups in total. The lowest BCUT2D eigenvalue weighted by Gasteiger charge is -2.14. The molecule has 4 nitrogen and oxygen atoms in total. The second-order valence-corrected chi connectivity index (χ2v) is 5.82. The molecule has 1 heterocycles. The number of carbonyl (C=O) groups excluding carboxylic acids is 1. The number of aryl methyl sites for hydroxylation is 1. The summed E-state index contributed by atoms with van der Waals surface area (Å²) in [6.07, 6.45) is -5.05. The maximum Gasteiger partial charge on any atom is 0.435 e. The van der Waals surface area contributed by atoms with Gasteiger partial charge in [0.05, 0.1) is 11.3 Å². The van der Waals surface area contributed by atoms with E-state index in [1.807, 2.05) is 0 Å². The molecule has 0 unspecified atom stereocenters. The lowest BCUT2D eigenvalue weighted by Crippen LogP contribution is -2.18. The fraction of sp³-hybridized carbons (Fsp3) is 0.111. The number of primary amides is 1.